The van der Waals surface area contributed by atoms with E-state index in [-0.39, 0.29) is 17.9 Å². The lowest BCUT2D eigenvalue weighted by atomic mass is 10.00. The number of unbranched alkanes of at least 4 members (excludes halogenated alkanes) is 2. The van der Waals surface area contributed by atoms with Gasteiger partial charge in [-0.25, -0.2) is 0 Å². The molecule has 0 spiro atoms. The van der Waals surface area contributed by atoms with E-state index in [9.17, 15) is 9.59 Å². The molecule has 2 amide bonds. The Bertz CT molecular complexity index is 1220. The van der Waals surface area contributed by atoms with E-state index in [1.807, 2.05) is 45.2 Å². The number of pyridine rings is 1. The van der Waals surface area contributed by atoms with E-state index >= 15 is 0 Å². The molecule has 6 heteroatoms. The molecule has 1 fully saturated rings. The molecular weight excluding hydrogens is 510 g/mol. The summed E-state index contributed by atoms with van der Waals surface area (Å²) in [7, 11) is 0. The number of benzene rings is 1. The molecule has 5 rings (SSSR count). The van der Waals surface area contributed by atoms with Gasteiger partial charge in [0.15, 0.2) is 0 Å². The molecule has 0 radical (unpaired) electrons. The summed E-state index contributed by atoms with van der Waals surface area (Å²) < 4.78 is 6.52. The highest BCUT2D eigenvalue weighted by Gasteiger charge is 2.36. The van der Waals surface area contributed by atoms with Gasteiger partial charge in [0, 0.05) is 42.4 Å². The third kappa shape index (κ3) is 8.62. The molecule has 1 aliphatic carbocycles. The molecule has 222 valence electrons. The van der Waals surface area contributed by atoms with Gasteiger partial charge in [0.25, 0.3) is 11.8 Å². The molecule has 0 saturated carbocycles. The van der Waals surface area contributed by atoms with E-state index in [2.05, 4.69) is 41.6 Å². The number of nitrogens with zero attached hydrogens (tertiary/aromatic N) is 3. The lowest BCUT2D eigenvalue weighted by Crippen LogP contribution is -2.39. The minimum Gasteiger partial charge on any atom is -0.488 e. The van der Waals surface area contributed by atoms with Gasteiger partial charge >= 0.3 is 0 Å². The quantitative estimate of drug-likeness (QED) is 0.172. The van der Waals surface area contributed by atoms with Crippen molar-refractivity contribution < 1.29 is 14.3 Å². The number of amides is 2. The lowest BCUT2D eigenvalue weighted by molar-refractivity contribution is -0.137. The van der Waals surface area contributed by atoms with Crippen molar-refractivity contribution >= 4 is 22.7 Å². The van der Waals surface area contributed by atoms with Gasteiger partial charge in [0.05, 0.1) is 0 Å². The van der Waals surface area contributed by atoms with E-state index < -0.39 is 0 Å². The largest absolute Gasteiger partial charge is 0.488 e. The third-order valence-corrected chi connectivity index (χ3v) is 7.63. The average molecular weight is 560 g/mol. The van der Waals surface area contributed by atoms with Crippen molar-refractivity contribution in [2.24, 2.45) is 0 Å². The second-order valence-corrected chi connectivity index (χ2v) is 10.6. The number of piperidine rings is 1. The molecule has 41 heavy (non-hydrogen) atoms. The van der Waals surface area contributed by atoms with Crippen LogP contribution in [0.15, 0.2) is 66.4 Å². The average Bonchev–Trinajstić information content (AvgIpc) is 3.25. The third-order valence-electron chi connectivity index (χ3n) is 7.63. The molecular formula is C35H49N3O3. The van der Waals surface area contributed by atoms with Gasteiger partial charge in [0.2, 0.25) is 0 Å². The van der Waals surface area contributed by atoms with Crippen molar-refractivity contribution in [1.82, 2.24) is 14.8 Å². The van der Waals surface area contributed by atoms with Gasteiger partial charge in [-0.2, -0.15) is 0 Å². The summed E-state index contributed by atoms with van der Waals surface area (Å²) >= 11 is 0. The predicted molar refractivity (Wildman–Crippen MR) is 169 cm³/mol. The number of ether oxygens (including phenoxy) is 1. The number of aryl methyl sites for hydroxylation is 1. The van der Waals surface area contributed by atoms with Crippen LogP contribution < -0.4 is 4.74 Å². The molecule has 1 aromatic carbocycles. The van der Waals surface area contributed by atoms with Crippen molar-refractivity contribution in [3.05, 3.63) is 72.0 Å². The molecule has 2 aromatic rings. The Hall–Kier alpha value is -3.25. The zero-order valence-electron chi connectivity index (χ0n) is 25.7. The van der Waals surface area contributed by atoms with Crippen LogP contribution in [-0.4, -0.2) is 58.9 Å². The number of aromatic nitrogens is 1. The molecule has 6 nitrogen and oxygen atoms in total. The Balaban J connectivity index is 0.000000868. The number of carbonyl (C=O) groups excluding carboxylic acids is 2. The van der Waals surface area contributed by atoms with Gasteiger partial charge in [-0.05, 0) is 88.6 Å². The summed E-state index contributed by atoms with van der Waals surface area (Å²) in [5.41, 5.74) is 3.61. The first kappa shape index (κ1) is 32.3. The number of rotatable bonds is 10. The molecule has 0 atom stereocenters. The number of imide groups is 1. The van der Waals surface area contributed by atoms with E-state index in [1.54, 1.807) is 6.08 Å². The Morgan fingerprint density at radius 1 is 1.07 bits per heavy atom. The zero-order valence-corrected chi connectivity index (χ0v) is 25.7. The number of allylic oxidation sites excluding steroid dienone is 2. The Morgan fingerprint density at radius 3 is 2.51 bits per heavy atom. The minimum absolute atomic E-state index is 0.0712. The maximum atomic E-state index is 12.6. The SMILES string of the molecule is C=CC.CC.CCCCc1cc(OC2CCN(CCCCN3C(=O)C4=C(CCC=C4)C3=O)CC2)c2ncccc2c1. The first-order valence-corrected chi connectivity index (χ1v) is 15.6. The topological polar surface area (TPSA) is 62.7 Å². The molecule has 3 heterocycles. The summed E-state index contributed by atoms with van der Waals surface area (Å²) in [5.74, 6) is 0.742. The molecule has 1 aromatic heterocycles. The highest BCUT2D eigenvalue weighted by Crippen LogP contribution is 2.30. The number of hydrogen-bond acceptors (Lipinski definition) is 5. The Kier molecular flexibility index (Phi) is 13.3. The fraction of sp³-hybridized carbons (Fsp3) is 0.514. The van der Waals surface area contributed by atoms with Crippen LogP contribution in [0.25, 0.3) is 10.9 Å². The fourth-order valence-corrected chi connectivity index (χ4v) is 5.56. The minimum atomic E-state index is -0.107. The molecule has 0 unspecified atom stereocenters. The first-order valence-electron chi connectivity index (χ1n) is 15.6. The van der Waals surface area contributed by atoms with E-state index in [1.165, 1.54) is 23.3 Å². The lowest BCUT2D eigenvalue weighted by Gasteiger charge is -2.32. The van der Waals surface area contributed by atoms with Crippen LogP contribution in [0.2, 0.25) is 0 Å². The smallest absolute Gasteiger partial charge is 0.261 e. The van der Waals surface area contributed by atoms with Crippen LogP contribution in [0.3, 0.4) is 0 Å². The monoisotopic (exact) mass is 559 g/mol. The van der Waals surface area contributed by atoms with Crippen LogP contribution in [0.5, 0.6) is 5.75 Å². The van der Waals surface area contributed by atoms with Gasteiger partial charge in [-0.15, -0.1) is 6.58 Å². The highest BCUT2D eigenvalue weighted by molar-refractivity contribution is 6.20. The van der Waals surface area contributed by atoms with Crippen molar-refractivity contribution in [3.8, 4) is 5.75 Å². The van der Waals surface area contributed by atoms with E-state index in [4.69, 9.17) is 4.74 Å². The molecule has 0 bridgehead atoms. The van der Waals surface area contributed by atoms with Crippen molar-refractivity contribution in [2.45, 2.75) is 91.6 Å². The molecule has 0 N–H and O–H groups in total. The molecule has 2 aliphatic heterocycles. The van der Waals surface area contributed by atoms with Gasteiger partial charge in [-0.1, -0.05) is 51.5 Å². The summed E-state index contributed by atoms with van der Waals surface area (Å²) in [6, 6.07) is 8.56. The van der Waals surface area contributed by atoms with Gasteiger partial charge in [0.1, 0.15) is 17.4 Å². The highest BCUT2D eigenvalue weighted by atomic mass is 16.5. The zero-order chi connectivity index (χ0) is 29.6. The maximum absolute atomic E-state index is 12.6. The van der Waals surface area contributed by atoms with Gasteiger partial charge in [-0.3, -0.25) is 19.5 Å². The van der Waals surface area contributed by atoms with Gasteiger partial charge < -0.3 is 9.64 Å². The fourth-order valence-electron chi connectivity index (χ4n) is 5.56. The predicted octanol–water partition coefficient (Wildman–Crippen LogP) is 7.43. The van der Waals surface area contributed by atoms with Crippen molar-refractivity contribution in [3.63, 3.8) is 0 Å². The summed E-state index contributed by atoms with van der Waals surface area (Å²) in [6.45, 7) is 15.0. The number of fused-ring (bicyclic) bond motifs is 1. The second-order valence-electron chi connectivity index (χ2n) is 10.6. The summed E-state index contributed by atoms with van der Waals surface area (Å²) in [5, 5.41) is 1.15. The number of carbonyl (C=O) groups is 2. The second kappa shape index (κ2) is 16.9. The van der Waals surface area contributed by atoms with Crippen LogP contribution in [0, 0.1) is 0 Å². The van der Waals surface area contributed by atoms with Crippen LogP contribution in [0.4, 0.5) is 0 Å². The summed E-state index contributed by atoms with van der Waals surface area (Å²) in [6.07, 6.45) is 16.4. The Morgan fingerprint density at radius 2 is 1.80 bits per heavy atom. The first-order chi connectivity index (χ1) is 20.0. The summed E-state index contributed by atoms with van der Waals surface area (Å²) in [4.78, 5) is 33.7. The number of likely N-dealkylation sites (tertiary alicyclic amines) is 1. The van der Waals surface area contributed by atoms with E-state index in [0.29, 0.717) is 24.1 Å². The van der Waals surface area contributed by atoms with E-state index in [0.717, 1.165) is 74.8 Å². The van der Waals surface area contributed by atoms with Crippen LogP contribution in [-0.2, 0) is 16.0 Å². The van der Waals surface area contributed by atoms with Crippen molar-refractivity contribution in [1.29, 1.82) is 0 Å². The van der Waals surface area contributed by atoms with Crippen molar-refractivity contribution in [2.75, 3.05) is 26.2 Å². The van der Waals surface area contributed by atoms with Crippen LogP contribution in [0.1, 0.15) is 84.6 Å². The number of hydrogen-bond donors (Lipinski definition) is 0. The maximum Gasteiger partial charge on any atom is 0.261 e. The molecule has 1 saturated heterocycles. The van der Waals surface area contributed by atoms with Crippen LogP contribution >= 0.6 is 0 Å². The Labute approximate surface area is 247 Å². The normalized spacial score (nSPS) is 17.1. The molecule has 3 aliphatic rings. The standard InChI is InChI=1S/C30H37N3O3.C3H6.C2H6/c1-2-3-9-22-20-23-10-8-15-31-28(23)27(21-22)36-24-13-18-32(19-14-24)16-6-7-17-33-29(34)25-11-4-5-12-26(25)30(33)35;1-3-2;1-2/h4,8,10-11,15,20-21,24H,2-3,5-7,9,12-14,16-19H2,1H3;3H,1H2,2H3;1-2H3.